The van der Waals surface area contributed by atoms with Crippen LogP contribution in [-0.4, -0.2) is 35.2 Å². The number of hydrogen-bond donors (Lipinski definition) is 1. The Kier molecular flexibility index (Phi) is 4.02. The standard InChI is InChI=1S/C20H16F7N3O/c21-12-1-2-13(14(22)3-12)18(10-31-18)20(26,27)17-6-16(7-17,8-17)11-4-28-15(29-5-11)30-9-19(23,24)25/h1-5H,6-10H2,(H,28,29,30). The highest BCUT2D eigenvalue weighted by Crippen LogP contribution is 2.81. The topological polar surface area (TPSA) is 50.3 Å². The molecule has 4 nitrogen and oxygen atoms in total. The zero-order valence-electron chi connectivity index (χ0n) is 15.9. The van der Waals surface area contributed by atoms with Crippen LogP contribution in [-0.2, 0) is 15.8 Å². The maximum Gasteiger partial charge on any atom is 0.405 e. The summed E-state index contributed by atoms with van der Waals surface area (Å²) < 4.78 is 100. The molecular formula is C20H16F7N3O. The Hall–Kier alpha value is -2.43. The molecule has 2 heterocycles. The number of ether oxygens (including phenoxy) is 1. The Morgan fingerprint density at radius 2 is 1.61 bits per heavy atom. The SMILES string of the molecule is Fc1ccc(C2(C(F)(F)C34CC(c5cnc(NCC(F)(F)F)nc5)(C3)C4)CO2)c(F)c1. The van der Waals surface area contributed by atoms with Gasteiger partial charge in [-0.1, -0.05) is 0 Å². The number of anilines is 1. The summed E-state index contributed by atoms with van der Waals surface area (Å²) in [5.74, 6) is -5.52. The fourth-order valence-electron chi connectivity index (χ4n) is 5.12. The molecule has 31 heavy (non-hydrogen) atoms. The zero-order chi connectivity index (χ0) is 22.3. The van der Waals surface area contributed by atoms with Gasteiger partial charge in [0.05, 0.1) is 6.61 Å². The van der Waals surface area contributed by atoms with Crippen LogP contribution in [0.5, 0.6) is 0 Å². The number of halogens is 7. The molecule has 1 aromatic heterocycles. The van der Waals surface area contributed by atoms with Crippen molar-refractivity contribution >= 4 is 5.95 Å². The third-order valence-corrected chi connectivity index (χ3v) is 6.71. The van der Waals surface area contributed by atoms with Gasteiger partial charge in [0.25, 0.3) is 5.92 Å². The van der Waals surface area contributed by atoms with E-state index in [2.05, 4.69) is 15.3 Å². The van der Waals surface area contributed by atoms with Crippen molar-refractivity contribution < 1.29 is 35.5 Å². The first kappa shape index (κ1) is 20.5. The molecule has 11 heteroatoms. The Morgan fingerprint density at radius 3 is 2.13 bits per heavy atom. The minimum absolute atomic E-state index is 0.0968. The van der Waals surface area contributed by atoms with Gasteiger partial charge in [0.2, 0.25) is 5.95 Å². The van der Waals surface area contributed by atoms with Gasteiger partial charge < -0.3 is 10.1 Å². The molecule has 6 rings (SSSR count). The molecule has 1 unspecified atom stereocenters. The fourth-order valence-corrected chi connectivity index (χ4v) is 5.12. The number of alkyl halides is 5. The van der Waals surface area contributed by atoms with Crippen LogP contribution < -0.4 is 5.32 Å². The van der Waals surface area contributed by atoms with E-state index in [1.807, 2.05) is 0 Å². The van der Waals surface area contributed by atoms with Gasteiger partial charge in [-0.25, -0.2) is 27.5 Å². The average molecular weight is 447 g/mol. The number of aromatic nitrogens is 2. The smallest absolute Gasteiger partial charge is 0.358 e. The van der Waals surface area contributed by atoms with Crippen molar-refractivity contribution in [1.82, 2.24) is 9.97 Å². The Bertz CT molecular complexity index is 1010. The van der Waals surface area contributed by atoms with E-state index in [-0.39, 0.29) is 37.4 Å². The predicted octanol–water partition coefficient (Wildman–Crippen LogP) is 4.71. The largest absolute Gasteiger partial charge is 0.405 e. The molecule has 1 saturated heterocycles. The number of benzene rings is 1. The Morgan fingerprint density at radius 1 is 1.00 bits per heavy atom. The molecule has 2 aromatic rings. The van der Waals surface area contributed by atoms with E-state index < -0.39 is 46.7 Å². The monoisotopic (exact) mass is 447 g/mol. The van der Waals surface area contributed by atoms with Crippen molar-refractivity contribution in [2.24, 2.45) is 5.41 Å². The van der Waals surface area contributed by atoms with Gasteiger partial charge in [-0.2, -0.15) is 13.2 Å². The molecule has 0 amide bonds. The maximum atomic E-state index is 15.5. The van der Waals surface area contributed by atoms with Crippen molar-refractivity contribution in [3.63, 3.8) is 0 Å². The summed E-state index contributed by atoms with van der Waals surface area (Å²) in [4.78, 5) is 7.70. The summed E-state index contributed by atoms with van der Waals surface area (Å²) in [6, 6.07) is 2.48. The van der Waals surface area contributed by atoms with E-state index in [0.29, 0.717) is 11.6 Å². The highest BCUT2D eigenvalue weighted by atomic mass is 19.4. The third-order valence-electron chi connectivity index (χ3n) is 6.71. The number of nitrogens with one attached hydrogen (secondary N) is 1. The molecule has 0 spiro atoms. The lowest BCUT2D eigenvalue weighted by Crippen LogP contribution is -2.74. The fraction of sp³-hybridized carbons (Fsp3) is 0.500. The van der Waals surface area contributed by atoms with Crippen LogP contribution in [0.3, 0.4) is 0 Å². The third kappa shape index (κ3) is 2.85. The summed E-state index contributed by atoms with van der Waals surface area (Å²) in [5, 5.41) is 2.05. The van der Waals surface area contributed by atoms with Crippen molar-refractivity contribution in [2.75, 3.05) is 18.5 Å². The first-order valence-electron chi connectivity index (χ1n) is 9.53. The summed E-state index contributed by atoms with van der Waals surface area (Å²) >= 11 is 0. The Labute approximate surface area is 171 Å². The molecule has 1 aliphatic heterocycles. The molecule has 166 valence electrons. The van der Waals surface area contributed by atoms with Gasteiger partial charge >= 0.3 is 6.18 Å². The van der Waals surface area contributed by atoms with Crippen LogP contribution in [0.15, 0.2) is 30.6 Å². The van der Waals surface area contributed by atoms with Crippen LogP contribution in [0, 0.1) is 17.0 Å². The van der Waals surface area contributed by atoms with Gasteiger partial charge in [-0.3, -0.25) is 0 Å². The van der Waals surface area contributed by atoms with Crippen molar-refractivity contribution in [3.8, 4) is 0 Å². The molecule has 1 atom stereocenters. The van der Waals surface area contributed by atoms with E-state index in [1.165, 1.54) is 12.4 Å². The number of nitrogens with zero attached hydrogens (tertiary/aromatic N) is 2. The lowest BCUT2D eigenvalue weighted by Gasteiger charge is -2.73. The molecule has 4 fully saturated rings. The number of epoxide rings is 1. The molecule has 3 aliphatic carbocycles. The van der Waals surface area contributed by atoms with E-state index in [4.69, 9.17) is 4.74 Å². The van der Waals surface area contributed by atoms with E-state index in [9.17, 15) is 22.0 Å². The maximum absolute atomic E-state index is 15.5. The van der Waals surface area contributed by atoms with Crippen LogP contribution in [0.25, 0.3) is 0 Å². The van der Waals surface area contributed by atoms with E-state index in [0.717, 1.165) is 12.1 Å². The van der Waals surface area contributed by atoms with Gasteiger partial charge in [0.1, 0.15) is 18.2 Å². The van der Waals surface area contributed by atoms with E-state index in [1.54, 1.807) is 0 Å². The average Bonchev–Trinajstić information content (AvgIpc) is 3.40. The van der Waals surface area contributed by atoms with Gasteiger partial charge in [0, 0.05) is 34.9 Å². The minimum atomic E-state index is -4.42. The van der Waals surface area contributed by atoms with Crippen molar-refractivity contribution in [3.05, 3.63) is 53.4 Å². The summed E-state index contributed by atoms with van der Waals surface area (Å²) in [6.07, 6.45) is -1.44. The lowest BCUT2D eigenvalue weighted by molar-refractivity contribution is -0.306. The first-order chi connectivity index (χ1) is 14.4. The first-order valence-corrected chi connectivity index (χ1v) is 9.53. The molecule has 4 aliphatic rings. The molecule has 1 aromatic carbocycles. The number of rotatable bonds is 6. The summed E-state index contributed by atoms with van der Waals surface area (Å²) in [7, 11) is 0. The summed E-state index contributed by atoms with van der Waals surface area (Å²) in [6.45, 7) is -1.64. The van der Waals surface area contributed by atoms with Crippen LogP contribution >= 0.6 is 0 Å². The zero-order valence-corrected chi connectivity index (χ0v) is 15.9. The van der Waals surface area contributed by atoms with Crippen LogP contribution in [0.2, 0.25) is 0 Å². The molecule has 2 bridgehead atoms. The van der Waals surface area contributed by atoms with Gasteiger partial charge in [-0.15, -0.1) is 0 Å². The number of hydrogen-bond acceptors (Lipinski definition) is 4. The molecule has 3 saturated carbocycles. The highest BCUT2D eigenvalue weighted by molar-refractivity contribution is 5.44. The van der Waals surface area contributed by atoms with Crippen molar-refractivity contribution in [2.45, 2.75) is 42.4 Å². The van der Waals surface area contributed by atoms with Crippen molar-refractivity contribution in [1.29, 1.82) is 0 Å². The Balaban J connectivity index is 1.31. The quantitative estimate of drug-likeness (QED) is 0.515. The predicted molar refractivity (Wildman–Crippen MR) is 93.5 cm³/mol. The molecular weight excluding hydrogens is 431 g/mol. The van der Waals surface area contributed by atoms with Gasteiger partial charge in [-0.05, 0) is 37.0 Å². The molecule has 1 N–H and O–H groups in total. The normalized spacial score (nSPS) is 31.6. The second-order valence-corrected chi connectivity index (χ2v) is 8.67. The van der Waals surface area contributed by atoms with Crippen LogP contribution in [0.1, 0.15) is 30.4 Å². The second kappa shape index (κ2) is 6.08. The van der Waals surface area contributed by atoms with Gasteiger partial charge in [0.15, 0.2) is 5.60 Å². The highest BCUT2D eigenvalue weighted by Gasteiger charge is 2.85. The second-order valence-electron chi connectivity index (χ2n) is 8.67. The van der Waals surface area contributed by atoms with E-state index >= 15 is 8.78 Å². The minimum Gasteiger partial charge on any atom is -0.358 e. The molecule has 0 radical (unpaired) electrons. The summed E-state index contributed by atoms with van der Waals surface area (Å²) in [5.41, 5.74) is -3.87. The van der Waals surface area contributed by atoms with Crippen LogP contribution in [0.4, 0.5) is 36.7 Å². The lowest BCUT2D eigenvalue weighted by atomic mass is 9.31.